The standard InChI is InChI=1S/C20H24N6/c1-14-15(2)25(12-8-11-24(3)4)19-17(14)20-22-18(23-26(20)13-21-19)16-9-6-5-7-10-16/h5-7,9-10,13H,8,11-12H2,1-4H3. The van der Waals surface area contributed by atoms with E-state index in [0.29, 0.717) is 0 Å². The van der Waals surface area contributed by atoms with Gasteiger partial charge in [0.25, 0.3) is 0 Å². The van der Waals surface area contributed by atoms with Crippen molar-refractivity contribution < 1.29 is 0 Å². The molecular formula is C20H24N6. The number of benzene rings is 1. The largest absolute Gasteiger partial charge is 0.329 e. The van der Waals surface area contributed by atoms with Gasteiger partial charge in [0, 0.05) is 17.8 Å². The second-order valence-electron chi connectivity index (χ2n) is 7.03. The van der Waals surface area contributed by atoms with Crippen LogP contribution in [-0.4, -0.2) is 49.7 Å². The van der Waals surface area contributed by atoms with Crippen LogP contribution in [0, 0.1) is 13.8 Å². The summed E-state index contributed by atoms with van der Waals surface area (Å²) >= 11 is 0. The molecule has 0 fully saturated rings. The van der Waals surface area contributed by atoms with Crippen molar-refractivity contribution in [3.8, 4) is 11.4 Å². The van der Waals surface area contributed by atoms with Gasteiger partial charge in [0.1, 0.15) is 12.0 Å². The number of rotatable bonds is 5. The Balaban J connectivity index is 1.84. The smallest absolute Gasteiger partial charge is 0.182 e. The summed E-state index contributed by atoms with van der Waals surface area (Å²) < 4.78 is 4.10. The maximum atomic E-state index is 4.83. The van der Waals surface area contributed by atoms with E-state index >= 15 is 0 Å². The molecule has 6 nitrogen and oxygen atoms in total. The van der Waals surface area contributed by atoms with Crippen LogP contribution in [0.1, 0.15) is 17.7 Å². The zero-order valence-electron chi connectivity index (χ0n) is 15.8. The lowest BCUT2D eigenvalue weighted by molar-refractivity contribution is 0.387. The molecule has 3 aromatic heterocycles. The van der Waals surface area contributed by atoms with Gasteiger partial charge in [-0.3, -0.25) is 0 Å². The van der Waals surface area contributed by atoms with Crippen molar-refractivity contribution in [3.05, 3.63) is 47.9 Å². The van der Waals surface area contributed by atoms with E-state index in [4.69, 9.17) is 9.97 Å². The summed E-state index contributed by atoms with van der Waals surface area (Å²) in [6.45, 7) is 6.33. The van der Waals surface area contributed by atoms with E-state index in [9.17, 15) is 0 Å². The molecule has 0 aliphatic carbocycles. The number of fused-ring (bicyclic) bond motifs is 3. The molecule has 0 N–H and O–H groups in total. The Hall–Kier alpha value is -2.73. The number of aryl methyl sites for hydroxylation is 2. The minimum absolute atomic E-state index is 0.734. The summed E-state index contributed by atoms with van der Waals surface area (Å²) in [7, 11) is 4.21. The van der Waals surface area contributed by atoms with Crippen molar-refractivity contribution in [1.82, 2.24) is 29.0 Å². The van der Waals surface area contributed by atoms with Gasteiger partial charge in [-0.15, -0.1) is 5.10 Å². The van der Waals surface area contributed by atoms with Crippen LogP contribution < -0.4 is 0 Å². The molecule has 0 radical (unpaired) electrons. The zero-order chi connectivity index (χ0) is 18.3. The topological polar surface area (TPSA) is 51.2 Å². The number of hydrogen-bond donors (Lipinski definition) is 0. The summed E-state index contributed by atoms with van der Waals surface area (Å²) in [5, 5.41) is 5.73. The summed E-state index contributed by atoms with van der Waals surface area (Å²) in [4.78, 5) is 11.7. The van der Waals surface area contributed by atoms with Gasteiger partial charge in [-0.2, -0.15) is 0 Å². The van der Waals surface area contributed by atoms with Gasteiger partial charge < -0.3 is 9.47 Å². The second kappa shape index (κ2) is 6.53. The lowest BCUT2D eigenvalue weighted by Crippen LogP contribution is -2.15. The highest BCUT2D eigenvalue weighted by Gasteiger charge is 2.18. The van der Waals surface area contributed by atoms with E-state index in [1.165, 1.54) is 11.3 Å². The molecule has 0 atom stereocenters. The quantitative estimate of drug-likeness (QED) is 0.555. The fourth-order valence-corrected chi connectivity index (χ4v) is 3.46. The molecule has 1 aromatic carbocycles. The fraction of sp³-hybridized carbons (Fsp3) is 0.350. The van der Waals surface area contributed by atoms with Crippen LogP contribution in [-0.2, 0) is 6.54 Å². The highest BCUT2D eigenvalue weighted by molar-refractivity contribution is 5.94. The predicted molar refractivity (Wildman–Crippen MR) is 104 cm³/mol. The Morgan fingerprint density at radius 3 is 2.54 bits per heavy atom. The molecule has 0 spiro atoms. The molecule has 0 bridgehead atoms. The number of nitrogens with zero attached hydrogens (tertiary/aromatic N) is 6. The van der Waals surface area contributed by atoms with Crippen LogP contribution >= 0.6 is 0 Å². The first-order valence-corrected chi connectivity index (χ1v) is 8.97. The van der Waals surface area contributed by atoms with Crippen molar-refractivity contribution in [1.29, 1.82) is 0 Å². The molecule has 4 rings (SSSR count). The summed E-state index contributed by atoms with van der Waals surface area (Å²) in [6.07, 6.45) is 2.87. The van der Waals surface area contributed by atoms with E-state index in [2.05, 4.69) is 42.5 Å². The lowest BCUT2D eigenvalue weighted by atomic mass is 10.2. The van der Waals surface area contributed by atoms with Crippen molar-refractivity contribution in [2.24, 2.45) is 0 Å². The Morgan fingerprint density at radius 2 is 1.81 bits per heavy atom. The maximum Gasteiger partial charge on any atom is 0.182 e. The average molecular weight is 348 g/mol. The Kier molecular flexibility index (Phi) is 4.20. The molecule has 6 heteroatoms. The molecule has 0 amide bonds. The third-order valence-electron chi connectivity index (χ3n) is 4.97. The van der Waals surface area contributed by atoms with Crippen LogP contribution in [0.2, 0.25) is 0 Å². The molecule has 3 heterocycles. The molecule has 0 aliphatic rings. The van der Waals surface area contributed by atoms with Crippen LogP contribution in [0.25, 0.3) is 28.1 Å². The zero-order valence-corrected chi connectivity index (χ0v) is 15.8. The summed E-state index contributed by atoms with van der Waals surface area (Å²) in [5.74, 6) is 0.734. The van der Waals surface area contributed by atoms with Gasteiger partial charge in [0.05, 0.1) is 5.39 Å². The monoisotopic (exact) mass is 348 g/mol. The van der Waals surface area contributed by atoms with E-state index in [1.54, 1.807) is 10.8 Å². The van der Waals surface area contributed by atoms with Crippen LogP contribution in [0.3, 0.4) is 0 Å². The van der Waals surface area contributed by atoms with Crippen LogP contribution in [0.5, 0.6) is 0 Å². The van der Waals surface area contributed by atoms with Gasteiger partial charge in [-0.25, -0.2) is 14.5 Å². The minimum Gasteiger partial charge on any atom is -0.329 e. The Morgan fingerprint density at radius 1 is 1.04 bits per heavy atom. The Labute approximate surface area is 153 Å². The van der Waals surface area contributed by atoms with Crippen LogP contribution in [0.4, 0.5) is 0 Å². The van der Waals surface area contributed by atoms with Crippen LogP contribution in [0.15, 0.2) is 36.7 Å². The summed E-state index contributed by atoms with van der Waals surface area (Å²) in [5.41, 5.74) is 5.38. The first-order valence-electron chi connectivity index (χ1n) is 8.97. The van der Waals surface area contributed by atoms with Gasteiger partial charge in [-0.1, -0.05) is 30.3 Å². The predicted octanol–water partition coefficient (Wildman–Crippen LogP) is 3.31. The molecule has 0 saturated carbocycles. The summed E-state index contributed by atoms with van der Waals surface area (Å²) in [6, 6.07) is 10.1. The van der Waals surface area contributed by atoms with E-state index < -0.39 is 0 Å². The normalized spacial score (nSPS) is 11.9. The third-order valence-corrected chi connectivity index (χ3v) is 4.97. The highest BCUT2D eigenvalue weighted by Crippen LogP contribution is 2.28. The van der Waals surface area contributed by atoms with Crippen molar-refractivity contribution in [3.63, 3.8) is 0 Å². The molecular weight excluding hydrogens is 324 g/mol. The van der Waals surface area contributed by atoms with E-state index in [-0.39, 0.29) is 0 Å². The second-order valence-corrected chi connectivity index (χ2v) is 7.03. The first-order chi connectivity index (χ1) is 12.6. The van der Waals surface area contributed by atoms with Crippen molar-refractivity contribution >= 4 is 16.7 Å². The molecule has 0 aliphatic heterocycles. The van der Waals surface area contributed by atoms with Gasteiger partial charge >= 0.3 is 0 Å². The highest BCUT2D eigenvalue weighted by atomic mass is 15.3. The molecule has 0 saturated heterocycles. The maximum absolute atomic E-state index is 4.83. The SMILES string of the molecule is Cc1c(C)n(CCCN(C)C)c2ncn3nc(-c4ccccc4)nc3c12. The Bertz CT molecular complexity index is 1060. The number of hydrogen-bond acceptors (Lipinski definition) is 4. The van der Waals surface area contributed by atoms with E-state index in [1.807, 2.05) is 30.3 Å². The molecule has 134 valence electrons. The number of aromatic nitrogens is 5. The van der Waals surface area contributed by atoms with Crippen molar-refractivity contribution in [2.75, 3.05) is 20.6 Å². The van der Waals surface area contributed by atoms with E-state index in [0.717, 1.165) is 47.6 Å². The van der Waals surface area contributed by atoms with Gasteiger partial charge in [0.15, 0.2) is 11.5 Å². The first kappa shape index (κ1) is 16.7. The molecule has 26 heavy (non-hydrogen) atoms. The van der Waals surface area contributed by atoms with Crippen molar-refractivity contribution in [2.45, 2.75) is 26.8 Å². The third kappa shape index (κ3) is 2.76. The fourth-order valence-electron chi connectivity index (χ4n) is 3.46. The lowest BCUT2D eigenvalue weighted by Gasteiger charge is -2.11. The minimum atomic E-state index is 0.734. The molecule has 4 aromatic rings. The average Bonchev–Trinajstić information content (AvgIpc) is 3.17. The molecule has 0 unspecified atom stereocenters. The van der Waals surface area contributed by atoms with Gasteiger partial charge in [-0.05, 0) is 46.5 Å². The van der Waals surface area contributed by atoms with Gasteiger partial charge in [0.2, 0.25) is 0 Å².